The highest BCUT2D eigenvalue weighted by Crippen LogP contribution is 2.38. The van der Waals surface area contributed by atoms with Crippen molar-refractivity contribution in [2.45, 2.75) is 19.9 Å². The number of carboxylic acids is 1. The lowest BCUT2D eigenvalue weighted by Crippen LogP contribution is -2.50. The molecule has 140 valence electrons. The fourth-order valence-corrected chi connectivity index (χ4v) is 4.09. The maximum Gasteiger partial charge on any atom is 0.348 e. The van der Waals surface area contributed by atoms with Crippen LogP contribution in [0.2, 0.25) is 0 Å². The molecule has 0 unspecified atom stereocenters. The van der Waals surface area contributed by atoms with E-state index in [0.29, 0.717) is 16.8 Å². The zero-order valence-corrected chi connectivity index (χ0v) is 15.7. The van der Waals surface area contributed by atoms with E-state index in [2.05, 4.69) is 20.1 Å². The molecule has 1 aliphatic rings. The number of aromatic nitrogens is 1. The van der Waals surface area contributed by atoms with Crippen LogP contribution in [0, 0.1) is 0 Å². The molecule has 1 fully saturated rings. The first-order valence-electron chi connectivity index (χ1n) is 8.53. The van der Waals surface area contributed by atoms with Gasteiger partial charge in [-0.15, -0.1) is 11.3 Å². The molecule has 3 heterocycles. The van der Waals surface area contributed by atoms with Gasteiger partial charge in [0.15, 0.2) is 0 Å². The number of nitrogen functional groups attached to an aromatic ring is 1. The maximum absolute atomic E-state index is 11.9. The topological polar surface area (TPSA) is 112 Å². The number of thiophene rings is 1. The molecule has 4 N–H and O–H groups in total. The lowest BCUT2D eigenvalue weighted by atomic mass is 10.2. The van der Waals surface area contributed by atoms with E-state index < -0.39 is 5.97 Å². The number of pyridine rings is 1. The lowest BCUT2D eigenvalue weighted by molar-refractivity contribution is -0.122. The van der Waals surface area contributed by atoms with Crippen molar-refractivity contribution in [1.29, 1.82) is 0 Å². The summed E-state index contributed by atoms with van der Waals surface area (Å²) in [7, 11) is 0. The third-order valence-electron chi connectivity index (χ3n) is 4.33. The number of fused-ring (bicyclic) bond motifs is 1. The molecule has 0 radical (unpaired) electrons. The van der Waals surface area contributed by atoms with Crippen molar-refractivity contribution in [3.05, 3.63) is 17.1 Å². The third kappa shape index (κ3) is 3.73. The first-order chi connectivity index (χ1) is 12.4. The molecule has 0 saturated carbocycles. The average molecular weight is 377 g/mol. The van der Waals surface area contributed by atoms with Gasteiger partial charge in [0.05, 0.1) is 23.3 Å². The van der Waals surface area contributed by atoms with E-state index in [1.54, 1.807) is 6.20 Å². The van der Waals surface area contributed by atoms with Gasteiger partial charge in [-0.2, -0.15) is 0 Å². The van der Waals surface area contributed by atoms with Crippen LogP contribution < -0.4 is 16.0 Å². The van der Waals surface area contributed by atoms with Crippen LogP contribution in [0.3, 0.4) is 0 Å². The monoisotopic (exact) mass is 377 g/mol. The molecule has 1 aliphatic heterocycles. The van der Waals surface area contributed by atoms with Crippen LogP contribution in [0.5, 0.6) is 0 Å². The maximum atomic E-state index is 11.9. The lowest BCUT2D eigenvalue weighted by Gasteiger charge is -2.36. The summed E-state index contributed by atoms with van der Waals surface area (Å²) >= 11 is 1.10. The minimum atomic E-state index is -1.03. The second kappa shape index (κ2) is 7.46. The third-order valence-corrected chi connectivity index (χ3v) is 5.43. The Morgan fingerprint density at radius 2 is 2.04 bits per heavy atom. The first-order valence-corrected chi connectivity index (χ1v) is 9.35. The molecule has 9 heteroatoms. The van der Waals surface area contributed by atoms with Gasteiger partial charge in [0.2, 0.25) is 5.91 Å². The van der Waals surface area contributed by atoms with E-state index in [0.717, 1.165) is 43.2 Å². The van der Waals surface area contributed by atoms with Gasteiger partial charge in [-0.05, 0) is 19.9 Å². The van der Waals surface area contributed by atoms with Crippen LogP contribution in [-0.4, -0.2) is 65.6 Å². The SMILES string of the molecule is CC(C)NC(=O)CN1CCN(c2ccnc3sc(C(=O)O)c(N)c23)CC1. The number of nitrogens with one attached hydrogen (secondary N) is 1. The summed E-state index contributed by atoms with van der Waals surface area (Å²) in [5.74, 6) is -0.995. The number of nitrogens with zero attached hydrogens (tertiary/aromatic N) is 3. The summed E-state index contributed by atoms with van der Waals surface area (Å²) < 4.78 is 0. The number of hydrogen-bond acceptors (Lipinski definition) is 7. The number of piperazine rings is 1. The predicted molar refractivity (Wildman–Crippen MR) is 103 cm³/mol. The summed E-state index contributed by atoms with van der Waals surface area (Å²) in [5, 5.41) is 12.9. The van der Waals surface area contributed by atoms with E-state index in [1.807, 2.05) is 19.9 Å². The fraction of sp³-hybridized carbons (Fsp3) is 0.471. The van der Waals surface area contributed by atoms with E-state index in [9.17, 15) is 14.7 Å². The molecule has 1 saturated heterocycles. The van der Waals surface area contributed by atoms with Gasteiger partial charge in [-0.3, -0.25) is 9.69 Å². The molecule has 8 nitrogen and oxygen atoms in total. The minimum Gasteiger partial charge on any atom is -0.477 e. The second-order valence-electron chi connectivity index (χ2n) is 6.65. The largest absolute Gasteiger partial charge is 0.477 e. The van der Waals surface area contributed by atoms with Crippen molar-refractivity contribution in [3.8, 4) is 0 Å². The number of carboxylic acid groups (broad SMARTS) is 1. The molecule has 26 heavy (non-hydrogen) atoms. The van der Waals surface area contributed by atoms with E-state index in [1.165, 1.54) is 0 Å². The Balaban J connectivity index is 1.74. The first kappa shape index (κ1) is 18.4. The van der Waals surface area contributed by atoms with Crippen LogP contribution in [0.1, 0.15) is 23.5 Å². The van der Waals surface area contributed by atoms with E-state index in [-0.39, 0.29) is 22.5 Å². The Bertz CT molecular complexity index is 827. The number of carbonyl (C=O) groups excluding carboxylic acids is 1. The fourth-order valence-electron chi connectivity index (χ4n) is 3.17. The molecule has 0 aromatic carbocycles. The zero-order chi connectivity index (χ0) is 18.8. The van der Waals surface area contributed by atoms with Gasteiger partial charge in [-0.25, -0.2) is 9.78 Å². The highest BCUT2D eigenvalue weighted by Gasteiger charge is 2.24. The minimum absolute atomic E-state index is 0.0351. The molecule has 0 bridgehead atoms. The number of anilines is 2. The Hall–Kier alpha value is -2.39. The van der Waals surface area contributed by atoms with Crippen LogP contribution in [0.25, 0.3) is 10.2 Å². The average Bonchev–Trinajstić information content (AvgIpc) is 2.92. The predicted octanol–water partition coefficient (Wildman–Crippen LogP) is 1.22. The molecule has 0 spiro atoms. The van der Waals surface area contributed by atoms with Crippen molar-refractivity contribution in [2.75, 3.05) is 43.4 Å². The molecule has 3 rings (SSSR count). The quantitative estimate of drug-likeness (QED) is 0.718. The standard InChI is InChI=1S/C17H23N5O3S/c1-10(2)20-12(23)9-21-5-7-22(8-6-21)11-3-4-19-16-13(11)14(18)15(26-16)17(24)25/h3-4,10H,5-9,18H2,1-2H3,(H,20,23)(H,24,25). The molecular formula is C17H23N5O3S. The molecular weight excluding hydrogens is 354 g/mol. The van der Waals surface area contributed by atoms with Crippen molar-refractivity contribution in [3.63, 3.8) is 0 Å². The van der Waals surface area contributed by atoms with Crippen LogP contribution in [-0.2, 0) is 4.79 Å². The molecule has 0 atom stereocenters. The summed E-state index contributed by atoms with van der Waals surface area (Å²) in [6, 6.07) is 2.01. The summed E-state index contributed by atoms with van der Waals surface area (Å²) in [4.78, 5) is 32.6. The Morgan fingerprint density at radius 1 is 1.35 bits per heavy atom. The smallest absolute Gasteiger partial charge is 0.348 e. The summed E-state index contributed by atoms with van der Waals surface area (Å²) in [5.41, 5.74) is 7.27. The van der Waals surface area contributed by atoms with E-state index >= 15 is 0 Å². The number of rotatable bonds is 5. The van der Waals surface area contributed by atoms with Crippen molar-refractivity contribution in [2.24, 2.45) is 0 Å². The van der Waals surface area contributed by atoms with Crippen LogP contribution in [0.15, 0.2) is 12.3 Å². The van der Waals surface area contributed by atoms with Crippen LogP contribution in [0.4, 0.5) is 11.4 Å². The number of nitrogens with two attached hydrogens (primary N) is 1. The Labute approximate surface area is 155 Å². The highest BCUT2D eigenvalue weighted by atomic mass is 32.1. The number of aromatic carboxylic acids is 1. The van der Waals surface area contributed by atoms with Crippen molar-refractivity contribution in [1.82, 2.24) is 15.2 Å². The van der Waals surface area contributed by atoms with E-state index in [4.69, 9.17) is 5.73 Å². The van der Waals surface area contributed by atoms with Crippen LogP contribution >= 0.6 is 11.3 Å². The van der Waals surface area contributed by atoms with Crippen molar-refractivity contribution >= 4 is 44.8 Å². The zero-order valence-electron chi connectivity index (χ0n) is 14.9. The normalized spacial score (nSPS) is 15.6. The molecule has 1 amide bonds. The summed E-state index contributed by atoms with van der Waals surface area (Å²) in [6.45, 7) is 7.28. The summed E-state index contributed by atoms with van der Waals surface area (Å²) in [6.07, 6.45) is 1.68. The Morgan fingerprint density at radius 3 is 2.65 bits per heavy atom. The van der Waals surface area contributed by atoms with Gasteiger partial charge < -0.3 is 21.1 Å². The number of carbonyl (C=O) groups is 2. The van der Waals surface area contributed by atoms with Gasteiger partial charge in [0.25, 0.3) is 0 Å². The molecule has 2 aromatic heterocycles. The van der Waals surface area contributed by atoms with Gasteiger partial charge in [0, 0.05) is 38.4 Å². The number of hydrogen-bond donors (Lipinski definition) is 3. The Kier molecular flexibility index (Phi) is 5.28. The number of amides is 1. The molecule has 0 aliphatic carbocycles. The van der Waals surface area contributed by atoms with Crippen molar-refractivity contribution < 1.29 is 14.7 Å². The van der Waals surface area contributed by atoms with Gasteiger partial charge in [0.1, 0.15) is 9.71 Å². The highest BCUT2D eigenvalue weighted by molar-refractivity contribution is 7.21. The molecule has 2 aromatic rings. The van der Waals surface area contributed by atoms with Gasteiger partial charge in [-0.1, -0.05) is 0 Å². The second-order valence-corrected chi connectivity index (χ2v) is 7.64. The van der Waals surface area contributed by atoms with Gasteiger partial charge >= 0.3 is 5.97 Å².